The van der Waals surface area contributed by atoms with Crippen molar-refractivity contribution in [3.63, 3.8) is 0 Å². The summed E-state index contributed by atoms with van der Waals surface area (Å²) < 4.78 is 39.9. The Morgan fingerprint density at radius 3 is 2.38 bits per heavy atom. The van der Waals surface area contributed by atoms with Gasteiger partial charge in [-0.15, -0.1) is 0 Å². The molecule has 0 radical (unpaired) electrons. The molecule has 0 aliphatic heterocycles. The molecule has 0 aromatic heterocycles. The van der Waals surface area contributed by atoms with E-state index in [1.165, 1.54) is 12.1 Å². The van der Waals surface area contributed by atoms with E-state index in [-0.39, 0.29) is 12.1 Å². The van der Waals surface area contributed by atoms with Crippen LogP contribution >= 0.6 is 23.2 Å². The van der Waals surface area contributed by atoms with Crippen molar-refractivity contribution < 1.29 is 18.0 Å². The summed E-state index contributed by atoms with van der Waals surface area (Å²) in [6, 6.07) is 8.66. The van der Waals surface area contributed by atoms with Gasteiger partial charge in [0.1, 0.15) is 0 Å². The van der Waals surface area contributed by atoms with E-state index >= 15 is 0 Å². The molecule has 0 aliphatic carbocycles. The SMILES string of the molecule is CN(C)c1ccc(NC(=O)CCc2ccc(Cl)cc2Cl)c(C(F)(F)F)c1. The minimum atomic E-state index is -4.58. The number of nitrogens with zero attached hydrogens (tertiary/aromatic N) is 1. The Bertz CT molecular complexity index is 808. The Morgan fingerprint density at radius 1 is 1.12 bits per heavy atom. The normalized spacial score (nSPS) is 11.3. The maximum atomic E-state index is 13.3. The standard InChI is InChI=1S/C18H17Cl2F3N2O/c1-25(2)13-6-7-16(14(10-13)18(21,22)23)24-17(26)8-4-11-3-5-12(19)9-15(11)20/h3,5-7,9-10H,4,8H2,1-2H3,(H,24,26). The molecule has 2 aromatic rings. The van der Waals surface area contributed by atoms with Crippen LogP contribution in [0.1, 0.15) is 17.5 Å². The number of nitrogens with one attached hydrogen (secondary N) is 1. The Morgan fingerprint density at radius 2 is 1.81 bits per heavy atom. The fraction of sp³-hybridized carbons (Fsp3) is 0.278. The van der Waals surface area contributed by atoms with Crippen LogP contribution in [-0.2, 0) is 17.4 Å². The van der Waals surface area contributed by atoms with E-state index in [0.717, 1.165) is 6.07 Å². The summed E-state index contributed by atoms with van der Waals surface area (Å²) in [6.45, 7) is 0. The first kappa shape index (κ1) is 20.4. The summed E-state index contributed by atoms with van der Waals surface area (Å²) in [6.07, 6.45) is -4.29. The van der Waals surface area contributed by atoms with Gasteiger partial charge in [-0.1, -0.05) is 29.3 Å². The van der Waals surface area contributed by atoms with Crippen molar-refractivity contribution in [2.45, 2.75) is 19.0 Å². The second-order valence-corrected chi connectivity index (χ2v) is 6.75. The van der Waals surface area contributed by atoms with E-state index in [1.807, 2.05) is 0 Å². The van der Waals surface area contributed by atoms with Gasteiger partial charge in [-0.05, 0) is 42.3 Å². The molecule has 1 amide bonds. The molecule has 3 nitrogen and oxygen atoms in total. The van der Waals surface area contributed by atoms with E-state index in [2.05, 4.69) is 5.32 Å². The lowest BCUT2D eigenvalue weighted by atomic mass is 10.1. The molecule has 0 spiro atoms. The predicted octanol–water partition coefficient (Wildman–Crippen LogP) is 5.65. The number of rotatable bonds is 5. The van der Waals surface area contributed by atoms with Crippen molar-refractivity contribution in [1.29, 1.82) is 0 Å². The van der Waals surface area contributed by atoms with Crippen molar-refractivity contribution in [3.05, 3.63) is 57.6 Å². The van der Waals surface area contributed by atoms with Gasteiger partial charge in [-0.3, -0.25) is 4.79 Å². The Kier molecular flexibility index (Phi) is 6.42. The fourth-order valence-corrected chi connectivity index (χ4v) is 2.84. The van der Waals surface area contributed by atoms with Gasteiger partial charge in [-0.25, -0.2) is 0 Å². The van der Waals surface area contributed by atoms with Gasteiger partial charge in [0, 0.05) is 36.2 Å². The van der Waals surface area contributed by atoms with Crippen molar-refractivity contribution in [2.24, 2.45) is 0 Å². The van der Waals surface area contributed by atoms with E-state index in [9.17, 15) is 18.0 Å². The van der Waals surface area contributed by atoms with Gasteiger partial charge in [-0.2, -0.15) is 13.2 Å². The molecule has 0 heterocycles. The molecule has 0 atom stereocenters. The number of amides is 1. The molecule has 0 aliphatic rings. The van der Waals surface area contributed by atoms with Gasteiger partial charge in [0.15, 0.2) is 0 Å². The third kappa shape index (κ3) is 5.29. The largest absolute Gasteiger partial charge is 0.418 e. The second-order valence-electron chi connectivity index (χ2n) is 5.91. The lowest BCUT2D eigenvalue weighted by Crippen LogP contribution is -2.18. The number of anilines is 2. The molecule has 0 bridgehead atoms. The highest BCUT2D eigenvalue weighted by atomic mass is 35.5. The minimum Gasteiger partial charge on any atom is -0.378 e. The number of carbonyl (C=O) groups excluding carboxylic acids is 1. The molecule has 1 N–H and O–H groups in total. The van der Waals surface area contributed by atoms with Crippen molar-refractivity contribution >= 4 is 40.5 Å². The van der Waals surface area contributed by atoms with Gasteiger partial charge in [0.2, 0.25) is 5.91 Å². The zero-order valence-electron chi connectivity index (χ0n) is 14.1. The molecule has 2 aromatic carbocycles. The third-order valence-electron chi connectivity index (χ3n) is 3.74. The lowest BCUT2D eigenvalue weighted by Gasteiger charge is -2.18. The summed E-state index contributed by atoms with van der Waals surface area (Å²) in [5.41, 5.74) is -0.0645. The van der Waals surface area contributed by atoms with E-state index in [1.54, 1.807) is 37.2 Å². The van der Waals surface area contributed by atoms with Crippen LogP contribution in [0.5, 0.6) is 0 Å². The third-order valence-corrected chi connectivity index (χ3v) is 4.32. The number of hydrogen-bond donors (Lipinski definition) is 1. The minimum absolute atomic E-state index is 0.00587. The maximum Gasteiger partial charge on any atom is 0.418 e. The highest BCUT2D eigenvalue weighted by Crippen LogP contribution is 2.37. The first-order valence-corrected chi connectivity index (χ1v) is 8.46. The fourth-order valence-electron chi connectivity index (χ4n) is 2.34. The molecule has 0 saturated heterocycles. The highest BCUT2D eigenvalue weighted by molar-refractivity contribution is 6.35. The van der Waals surface area contributed by atoms with Crippen molar-refractivity contribution in [2.75, 3.05) is 24.3 Å². The molecule has 0 saturated carbocycles. The second kappa shape index (κ2) is 8.18. The predicted molar refractivity (Wildman–Crippen MR) is 99.2 cm³/mol. The maximum absolute atomic E-state index is 13.3. The molecule has 140 valence electrons. The molecule has 26 heavy (non-hydrogen) atoms. The number of carbonyl (C=O) groups is 1. The van der Waals surface area contributed by atoms with E-state index in [4.69, 9.17) is 23.2 Å². The number of alkyl halides is 3. The summed E-state index contributed by atoms with van der Waals surface area (Å²) in [5.74, 6) is -0.529. The van der Waals surface area contributed by atoms with E-state index in [0.29, 0.717) is 27.7 Å². The number of benzene rings is 2. The number of halogens is 5. The van der Waals surface area contributed by atoms with Gasteiger partial charge in [0.25, 0.3) is 0 Å². The Balaban J connectivity index is 2.13. The van der Waals surface area contributed by atoms with Crippen LogP contribution in [0.15, 0.2) is 36.4 Å². The van der Waals surface area contributed by atoms with Gasteiger partial charge in [0.05, 0.1) is 11.3 Å². The number of aryl methyl sites for hydroxylation is 1. The van der Waals surface area contributed by atoms with Crippen LogP contribution in [0.4, 0.5) is 24.5 Å². The summed E-state index contributed by atoms with van der Waals surface area (Å²) in [5, 5.41) is 3.22. The first-order chi connectivity index (χ1) is 12.1. The average molecular weight is 405 g/mol. The molecule has 8 heteroatoms. The van der Waals surface area contributed by atoms with Crippen LogP contribution in [0.2, 0.25) is 10.0 Å². The quantitative estimate of drug-likeness (QED) is 0.698. The molecule has 0 fully saturated rings. The summed E-state index contributed by atoms with van der Waals surface area (Å²) >= 11 is 11.8. The monoisotopic (exact) mass is 404 g/mol. The van der Waals surface area contributed by atoms with Crippen LogP contribution in [0.25, 0.3) is 0 Å². The highest BCUT2D eigenvalue weighted by Gasteiger charge is 2.34. The van der Waals surface area contributed by atoms with Crippen molar-refractivity contribution in [1.82, 2.24) is 0 Å². The van der Waals surface area contributed by atoms with Crippen molar-refractivity contribution in [3.8, 4) is 0 Å². The zero-order valence-corrected chi connectivity index (χ0v) is 15.6. The topological polar surface area (TPSA) is 32.3 Å². The van der Waals surface area contributed by atoms with Crippen LogP contribution in [-0.4, -0.2) is 20.0 Å². The molecular weight excluding hydrogens is 388 g/mol. The van der Waals surface area contributed by atoms with Crippen LogP contribution < -0.4 is 10.2 Å². The molecule has 0 unspecified atom stereocenters. The lowest BCUT2D eigenvalue weighted by molar-refractivity contribution is -0.136. The zero-order chi connectivity index (χ0) is 19.5. The Hall–Kier alpha value is -1.92. The average Bonchev–Trinajstić information content (AvgIpc) is 2.53. The van der Waals surface area contributed by atoms with Gasteiger partial charge < -0.3 is 10.2 Å². The van der Waals surface area contributed by atoms with E-state index < -0.39 is 17.6 Å². The van der Waals surface area contributed by atoms with Gasteiger partial charge >= 0.3 is 6.18 Å². The summed E-state index contributed by atoms with van der Waals surface area (Å²) in [7, 11) is 3.28. The van der Waals surface area contributed by atoms with Crippen LogP contribution in [0.3, 0.4) is 0 Å². The summed E-state index contributed by atoms with van der Waals surface area (Å²) in [4.78, 5) is 13.7. The Labute approximate surface area is 159 Å². The van der Waals surface area contributed by atoms with Crippen LogP contribution in [0, 0.1) is 0 Å². The smallest absolute Gasteiger partial charge is 0.378 e. The number of hydrogen-bond acceptors (Lipinski definition) is 2. The molecular formula is C18H17Cl2F3N2O. The molecule has 2 rings (SSSR count). The first-order valence-electron chi connectivity index (χ1n) is 7.70.